The third-order valence-corrected chi connectivity index (χ3v) is 3.30. The Morgan fingerprint density at radius 2 is 1.95 bits per heavy atom. The highest BCUT2D eigenvalue weighted by atomic mass is 35.5. The maximum Gasteiger partial charge on any atom is 0.190 e. The van der Waals surface area contributed by atoms with Gasteiger partial charge >= 0.3 is 0 Å². The molecular weight excluding hydrogens is 274 g/mol. The molecule has 0 radical (unpaired) electrons. The molecule has 0 aliphatic carbocycles. The summed E-state index contributed by atoms with van der Waals surface area (Å²) >= 11 is 6.22. The number of halogens is 1. The van der Waals surface area contributed by atoms with Crippen molar-refractivity contribution in [3.05, 3.63) is 53.1 Å². The SMILES string of the molecule is Cc1cccc(-n2nnnc2-c2c(N)cccc2Cl)c1. The summed E-state index contributed by atoms with van der Waals surface area (Å²) < 4.78 is 1.63. The van der Waals surface area contributed by atoms with Crippen LogP contribution in [-0.4, -0.2) is 20.2 Å². The molecule has 0 fully saturated rings. The van der Waals surface area contributed by atoms with Gasteiger partial charge < -0.3 is 5.73 Å². The molecule has 0 spiro atoms. The van der Waals surface area contributed by atoms with Crippen LogP contribution in [0.2, 0.25) is 5.02 Å². The van der Waals surface area contributed by atoms with Gasteiger partial charge in [0.2, 0.25) is 0 Å². The molecule has 5 nitrogen and oxygen atoms in total. The second kappa shape index (κ2) is 4.94. The average molecular weight is 286 g/mol. The first kappa shape index (κ1) is 12.6. The Kier molecular flexibility index (Phi) is 3.12. The molecule has 0 unspecified atom stereocenters. The fourth-order valence-corrected chi connectivity index (χ4v) is 2.32. The number of anilines is 1. The summed E-state index contributed by atoms with van der Waals surface area (Å²) in [7, 11) is 0. The van der Waals surface area contributed by atoms with E-state index >= 15 is 0 Å². The number of aryl methyl sites for hydroxylation is 1. The molecule has 1 aromatic heterocycles. The first-order chi connectivity index (χ1) is 9.66. The van der Waals surface area contributed by atoms with Crippen LogP contribution in [0.3, 0.4) is 0 Å². The number of rotatable bonds is 2. The fraction of sp³-hybridized carbons (Fsp3) is 0.0714. The molecule has 0 atom stereocenters. The normalized spacial score (nSPS) is 10.7. The van der Waals surface area contributed by atoms with Crippen LogP contribution in [0.1, 0.15) is 5.56 Å². The van der Waals surface area contributed by atoms with E-state index in [1.165, 1.54) is 0 Å². The number of nitrogens with two attached hydrogens (primary N) is 1. The van der Waals surface area contributed by atoms with E-state index in [1.54, 1.807) is 22.9 Å². The standard InChI is InChI=1S/C14H12ClN5/c1-9-4-2-5-10(8-9)20-14(17-18-19-20)13-11(15)6-3-7-12(13)16/h2-8H,16H2,1H3. The van der Waals surface area contributed by atoms with Crippen molar-refractivity contribution in [2.45, 2.75) is 6.92 Å². The van der Waals surface area contributed by atoms with E-state index in [9.17, 15) is 0 Å². The highest BCUT2D eigenvalue weighted by Gasteiger charge is 2.16. The number of hydrogen-bond donors (Lipinski definition) is 1. The van der Waals surface area contributed by atoms with E-state index in [-0.39, 0.29) is 0 Å². The largest absolute Gasteiger partial charge is 0.398 e. The minimum absolute atomic E-state index is 0.522. The Balaban J connectivity index is 2.21. The zero-order chi connectivity index (χ0) is 14.1. The summed E-state index contributed by atoms with van der Waals surface area (Å²) in [5, 5.41) is 12.3. The number of hydrogen-bond acceptors (Lipinski definition) is 4. The van der Waals surface area contributed by atoms with Crippen LogP contribution in [0.25, 0.3) is 17.1 Å². The van der Waals surface area contributed by atoms with Gasteiger partial charge in [-0.2, -0.15) is 4.68 Å². The van der Waals surface area contributed by atoms with Crippen LogP contribution in [0, 0.1) is 6.92 Å². The topological polar surface area (TPSA) is 69.6 Å². The predicted molar refractivity (Wildman–Crippen MR) is 78.7 cm³/mol. The van der Waals surface area contributed by atoms with Crippen LogP contribution in [0.4, 0.5) is 5.69 Å². The molecule has 0 aliphatic heterocycles. The fourth-order valence-electron chi connectivity index (χ4n) is 2.05. The maximum atomic E-state index is 6.22. The summed E-state index contributed by atoms with van der Waals surface area (Å²) in [6.07, 6.45) is 0. The van der Waals surface area contributed by atoms with Gasteiger partial charge in [0.05, 0.1) is 16.3 Å². The van der Waals surface area contributed by atoms with Gasteiger partial charge in [-0.15, -0.1) is 5.10 Å². The van der Waals surface area contributed by atoms with E-state index in [0.29, 0.717) is 22.1 Å². The minimum Gasteiger partial charge on any atom is -0.398 e. The quantitative estimate of drug-likeness (QED) is 0.735. The molecule has 0 amide bonds. The maximum absolute atomic E-state index is 6.22. The molecule has 3 rings (SSSR count). The van der Waals surface area contributed by atoms with Gasteiger partial charge in [0.1, 0.15) is 0 Å². The van der Waals surface area contributed by atoms with E-state index in [2.05, 4.69) is 15.5 Å². The van der Waals surface area contributed by atoms with Crippen molar-refractivity contribution in [1.29, 1.82) is 0 Å². The van der Waals surface area contributed by atoms with Crippen molar-refractivity contribution < 1.29 is 0 Å². The minimum atomic E-state index is 0.522. The molecule has 20 heavy (non-hydrogen) atoms. The molecule has 0 aliphatic rings. The smallest absolute Gasteiger partial charge is 0.190 e. The Morgan fingerprint density at radius 1 is 1.15 bits per heavy atom. The molecule has 2 N–H and O–H groups in total. The zero-order valence-corrected chi connectivity index (χ0v) is 11.5. The Labute approximate surface area is 121 Å². The molecule has 100 valence electrons. The van der Waals surface area contributed by atoms with Crippen LogP contribution in [0.5, 0.6) is 0 Å². The summed E-state index contributed by atoms with van der Waals surface area (Å²) in [6, 6.07) is 13.2. The second-order valence-electron chi connectivity index (χ2n) is 4.46. The van der Waals surface area contributed by atoms with Crippen LogP contribution < -0.4 is 5.73 Å². The first-order valence-electron chi connectivity index (χ1n) is 6.06. The van der Waals surface area contributed by atoms with Crippen molar-refractivity contribution >= 4 is 17.3 Å². The third kappa shape index (κ3) is 2.12. The van der Waals surface area contributed by atoms with Gasteiger partial charge in [-0.25, -0.2) is 0 Å². The Bertz CT molecular complexity index is 746. The van der Waals surface area contributed by atoms with E-state index < -0.39 is 0 Å². The molecule has 0 bridgehead atoms. The first-order valence-corrected chi connectivity index (χ1v) is 6.44. The lowest BCUT2D eigenvalue weighted by molar-refractivity contribution is 0.790. The number of aromatic nitrogens is 4. The summed E-state index contributed by atoms with van der Waals surface area (Å²) in [4.78, 5) is 0. The van der Waals surface area contributed by atoms with Crippen molar-refractivity contribution in [1.82, 2.24) is 20.2 Å². The Hall–Kier alpha value is -2.40. The van der Waals surface area contributed by atoms with Crippen LogP contribution >= 0.6 is 11.6 Å². The van der Waals surface area contributed by atoms with Crippen molar-refractivity contribution in [3.8, 4) is 17.1 Å². The monoisotopic (exact) mass is 285 g/mol. The molecular formula is C14H12ClN5. The summed E-state index contributed by atoms with van der Waals surface area (Å²) in [6.45, 7) is 2.01. The summed E-state index contributed by atoms with van der Waals surface area (Å²) in [5.74, 6) is 0.527. The molecule has 6 heteroatoms. The molecule has 0 saturated heterocycles. The van der Waals surface area contributed by atoms with E-state index in [0.717, 1.165) is 11.3 Å². The highest BCUT2D eigenvalue weighted by molar-refractivity contribution is 6.33. The third-order valence-electron chi connectivity index (χ3n) is 2.99. The molecule has 1 heterocycles. The van der Waals surface area contributed by atoms with Crippen molar-refractivity contribution in [3.63, 3.8) is 0 Å². The number of benzene rings is 2. The van der Waals surface area contributed by atoms with Gasteiger partial charge in [-0.1, -0.05) is 29.8 Å². The number of tetrazole rings is 1. The van der Waals surface area contributed by atoms with Crippen LogP contribution in [-0.2, 0) is 0 Å². The summed E-state index contributed by atoms with van der Waals surface area (Å²) in [5.41, 5.74) is 9.16. The zero-order valence-electron chi connectivity index (χ0n) is 10.8. The van der Waals surface area contributed by atoms with Gasteiger partial charge in [0.15, 0.2) is 5.82 Å². The molecule has 3 aromatic rings. The lowest BCUT2D eigenvalue weighted by atomic mass is 10.1. The molecule has 0 saturated carbocycles. The predicted octanol–water partition coefficient (Wildman–Crippen LogP) is 2.87. The number of nitrogen functional groups attached to an aromatic ring is 1. The van der Waals surface area contributed by atoms with Crippen LogP contribution in [0.15, 0.2) is 42.5 Å². The highest BCUT2D eigenvalue weighted by Crippen LogP contribution is 2.32. The van der Waals surface area contributed by atoms with Gasteiger partial charge in [0.25, 0.3) is 0 Å². The van der Waals surface area contributed by atoms with E-state index in [4.69, 9.17) is 17.3 Å². The van der Waals surface area contributed by atoms with E-state index in [1.807, 2.05) is 31.2 Å². The van der Waals surface area contributed by atoms with Gasteiger partial charge in [-0.3, -0.25) is 0 Å². The molecule has 2 aromatic carbocycles. The van der Waals surface area contributed by atoms with Gasteiger partial charge in [-0.05, 0) is 47.2 Å². The lowest BCUT2D eigenvalue weighted by Gasteiger charge is -2.09. The van der Waals surface area contributed by atoms with Crippen molar-refractivity contribution in [2.24, 2.45) is 0 Å². The lowest BCUT2D eigenvalue weighted by Crippen LogP contribution is -2.02. The Morgan fingerprint density at radius 3 is 2.70 bits per heavy atom. The van der Waals surface area contributed by atoms with Gasteiger partial charge in [0, 0.05) is 5.69 Å². The van der Waals surface area contributed by atoms with Crippen molar-refractivity contribution in [2.75, 3.05) is 5.73 Å². The number of nitrogens with zero attached hydrogens (tertiary/aromatic N) is 4. The average Bonchev–Trinajstić information content (AvgIpc) is 2.87. The second-order valence-corrected chi connectivity index (χ2v) is 4.86.